The van der Waals surface area contributed by atoms with Gasteiger partial charge in [-0.2, -0.15) is 0 Å². The van der Waals surface area contributed by atoms with E-state index in [-0.39, 0.29) is 5.91 Å². The molecule has 0 spiro atoms. The van der Waals surface area contributed by atoms with Gasteiger partial charge in [0.2, 0.25) is 5.91 Å². The Bertz CT molecular complexity index is 894. The summed E-state index contributed by atoms with van der Waals surface area (Å²) in [6, 6.07) is 16.6. The molecule has 23 heavy (non-hydrogen) atoms. The Kier molecular flexibility index (Phi) is 3.63. The molecule has 0 aliphatic heterocycles. The molecule has 0 fully saturated rings. The molecule has 0 aliphatic carbocycles. The predicted octanol–water partition coefficient (Wildman–Crippen LogP) is 5.61. The minimum atomic E-state index is -0.434. The van der Waals surface area contributed by atoms with Gasteiger partial charge in [0.15, 0.2) is 0 Å². The Balaban J connectivity index is 2.32. The standard InChI is InChI=1S/C21H23NO/c1-14-10-11-17(12-15(14)2)19-13-16-8-6-7-9-18(16)22(19)20(23)21(3,4)5/h6-13H,1-5H3. The van der Waals surface area contributed by atoms with Crippen LogP contribution in [0.3, 0.4) is 0 Å². The lowest BCUT2D eigenvalue weighted by atomic mass is 9.95. The normalized spacial score (nSPS) is 11.9. The first-order valence-corrected chi connectivity index (χ1v) is 8.02. The molecule has 0 N–H and O–H groups in total. The van der Waals surface area contributed by atoms with Gasteiger partial charge in [0.05, 0.1) is 11.2 Å². The average molecular weight is 305 g/mol. The molecule has 0 amide bonds. The van der Waals surface area contributed by atoms with Gasteiger partial charge in [-0.3, -0.25) is 9.36 Å². The molecule has 2 heteroatoms. The number of para-hydroxylation sites is 1. The van der Waals surface area contributed by atoms with E-state index in [4.69, 9.17) is 0 Å². The van der Waals surface area contributed by atoms with Crippen LogP contribution < -0.4 is 0 Å². The minimum Gasteiger partial charge on any atom is -0.279 e. The second-order valence-corrected chi connectivity index (χ2v) is 7.28. The zero-order valence-corrected chi connectivity index (χ0v) is 14.5. The van der Waals surface area contributed by atoms with Crippen LogP contribution in [0.2, 0.25) is 0 Å². The number of hydrogen-bond donors (Lipinski definition) is 0. The monoisotopic (exact) mass is 305 g/mol. The smallest absolute Gasteiger partial charge is 0.236 e. The van der Waals surface area contributed by atoms with E-state index in [1.165, 1.54) is 11.1 Å². The second-order valence-electron chi connectivity index (χ2n) is 7.28. The maximum atomic E-state index is 13.1. The zero-order chi connectivity index (χ0) is 16.8. The van der Waals surface area contributed by atoms with Gasteiger partial charge in [-0.05, 0) is 48.7 Å². The third-order valence-electron chi connectivity index (χ3n) is 4.36. The van der Waals surface area contributed by atoms with E-state index in [9.17, 15) is 4.79 Å². The molecule has 0 atom stereocenters. The first kappa shape index (κ1) is 15.5. The van der Waals surface area contributed by atoms with Gasteiger partial charge in [-0.15, -0.1) is 0 Å². The van der Waals surface area contributed by atoms with Crippen molar-refractivity contribution in [2.75, 3.05) is 0 Å². The number of fused-ring (bicyclic) bond motifs is 1. The SMILES string of the molecule is Cc1ccc(-c2cc3ccccc3n2C(=O)C(C)(C)C)cc1C. The second kappa shape index (κ2) is 5.38. The molecule has 2 nitrogen and oxygen atoms in total. The Morgan fingerprint density at radius 1 is 0.913 bits per heavy atom. The maximum Gasteiger partial charge on any atom is 0.236 e. The Hall–Kier alpha value is -2.35. The summed E-state index contributed by atoms with van der Waals surface area (Å²) < 4.78 is 1.87. The van der Waals surface area contributed by atoms with E-state index in [1.54, 1.807) is 0 Å². The highest BCUT2D eigenvalue weighted by Gasteiger charge is 2.27. The molecule has 118 valence electrons. The van der Waals surface area contributed by atoms with Crippen molar-refractivity contribution in [3.8, 4) is 11.3 Å². The maximum absolute atomic E-state index is 13.1. The summed E-state index contributed by atoms with van der Waals surface area (Å²) in [6.07, 6.45) is 0. The van der Waals surface area contributed by atoms with Crippen LogP contribution >= 0.6 is 0 Å². The van der Waals surface area contributed by atoms with Crippen molar-refractivity contribution in [1.82, 2.24) is 4.57 Å². The minimum absolute atomic E-state index is 0.118. The quantitative estimate of drug-likeness (QED) is 0.572. The number of nitrogens with zero attached hydrogens (tertiary/aromatic N) is 1. The molecule has 1 aromatic heterocycles. The van der Waals surface area contributed by atoms with Crippen LogP contribution in [-0.2, 0) is 0 Å². The Morgan fingerprint density at radius 3 is 2.26 bits per heavy atom. The predicted molar refractivity (Wildman–Crippen MR) is 96.9 cm³/mol. The lowest BCUT2D eigenvalue weighted by Crippen LogP contribution is -2.27. The summed E-state index contributed by atoms with van der Waals surface area (Å²) >= 11 is 0. The number of aryl methyl sites for hydroxylation is 2. The molecule has 0 aliphatic rings. The Morgan fingerprint density at radius 2 is 1.61 bits per heavy atom. The van der Waals surface area contributed by atoms with E-state index in [0.717, 1.165) is 22.2 Å². The number of carbonyl (C=O) groups is 1. The average Bonchev–Trinajstić information content (AvgIpc) is 2.87. The lowest BCUT2D eigenvalue weighted by molar-refractivity contribution is 0.0775. The van der Waals surface area contributed by atoms with E-state index >= 15 is 0 Å². The fraction of sp³-hybridized carbons (Fsp3) is 0.286. The van der Waals surface area contributed by atoms with Crippen molar-refractivity contribution in [2.45, 2.75) is 34.6 Å². The third-order valence-corrected chi connectivity index (χ3v) is 4.36. The molecular weight excluding hydrogens is 282 g/mol. The van der Waals surface area contributed by atoms with Crippen LogP contribution in [0.15, 0.2) is 48.5 Å². The van der Waals surface area contributed by atoms with Crippen LogP contribution in [0, 0.1) is 19.3 Å². The van der Waals surface area contributed by atoms with Gasteiger partial charge in [0.1, 0.15) is 0 Å². The van der Waals surface area contributed by atoms with Gasteiger partial charge in [-0.1, -0.05) is 51.1 Å². The lowest BCUT2D eigenvalue weighted by Gasteiger charge is -2.20. The topological polar surface area (TPSA) is 22.0 Å². The van der Waals surface area contributed by atoms with E-state index in [2.05, 4.69) is 44.2 Å². The van der Waals surface area contributed by atoms with Crippen molar-refractivity contribution in [2.24, 2.45) is 5.41 Å². The Labute approximate surface area is 137 Å². The number of hydrogen-bond acceptors (Lipinski definition) is 1. The molecule has 1 heterocycles. The van der Waals surface area contributed by atoms with Crippen LogP contribution in [-0.4, -0.2) is 10.5 Å². The van der Waals surface area contributed by atoms with Crippen molar-refractivity contribution < 1.29 is 4.79 Å². The van der Waals surface area contributed by atoms with Gasteiger partial charge >= 0.3 is 0 Å². The van der Waals surface area contributed by atoms with E-state index in [1.807, 2.05) is 43.5 Å². The van der Waals surface area contributed by atoms with Crippen LogP contribution in [0.1, 0.15) is 36.7 Å². The third kappa shape index (κ3) is 2.70. The molecule has 0 saturated heterocycles. The van der Waals surface area contributed by atoms with Gasteiger partial charge in [-0.25, -0.2) is 0 Å². The van der Waals surface area contributed by atoms with E-state index < -0.39 is 5.41 Å². The largest absolute Gasteiger partial charge is 0.279 e. The van der Waals surface area contributed by atoms with Gasteiger partial charge < -0.3 is 0 Å². The number of rotatable bonds is 1. The van der Waals surface area contributed by atoms with Crippen LogP contribution in [0.25, 0.3) is 22.2 Å². The highest BCUT2D eigenvalue weighted by Crippen LogP contribution is 2.32. The summed E-state index contributed by atoms with van der Waals surface area (Å²) in [5.41, 5.74) is 5.09. The summed E-state index contributed by atoms with van der Waals surface area (Å²) in [4.78, 5) is 13.1. The molecule has 2 aromatic carbocycles. The first-order valence-electron chi connectivity index (χ1n) is 8.02. The summed E-state index contributed by atoms with van der Waals surface area (Å²) in [5.74, 6) is 0.118. The first-order chi connectivity index (χ1) is 10.8. The van der Waals surface area contributed by atoms with Gasteiger partial charge in [0.25, 0.3) is 0 Å². The summed E-state index contributed by atoms with van der Waals surface area (Å²) in [5, 5.41) is 1.10. The highest BCUT2D eigenvalue weighted by atomic mass is 16.2. The molecule has 0 unspecified atom stereocenters. The van der Waals surface area contributed by atoms with Crippen LogP contribution in [0.4, 0.5) is 0 Å². The number of benzene rings is 2. The van der Waals surface area contributed by atoms with Crippen molar-refractivity contribution in [3.63, 3.8) is 0 Å². The molecule has 3 aromatic rings. The number of aromatic nitrogens is 1. The van der Waals surface area contributed by atoms with E-state index in [0.29, 0.717) is 0 Å². The zero-order valence-electron chi connectivity index (χ0n) is 14.5. The van der Waals surface area contributed by atoms with Crippen molar-refractivity contribution in [1.29, 1.82) is 0 Å². The summed E-state index contributed by atoms with van der Waals surface area (Å²) in [6.45, 7) is 10.1. The van der Waals surface area contributed by atoms with Crippen molar-refractivity contribution >= 4 is 16.8 Å². The fourth-order valence-electron chi connectivity index (χ4n) is 2.82. The molecule has 0 saturated carbocycles. The number of carbonyl (C=O) groups excluding carboxylic acids is 1. The highest BCUT2D eigenvalue weighted by molar-refractivity contribution is 6.00. The van der Waals surface area contributed by atoms with Crippen LogP contribution in [0.5, 0.6) is 0 Å². The summed E-state index contributed by atoms with van der Waals surface area (Å²) in [7, 11) is 0. The molecular formula is C21H23NO. The molecule has 0 radical (unpaired) electrons. The van der Waals surface area contributed by atoms with Crippen molar-refractivity contribution in [3.05, 3.63) is 59.7 Å². The molecule has 0 bridgehead atoms. The fourth-order valence-corrected chi connectivity index (χ4v) is 2.82. The van der Waals surface area contributed by atoms with Gasteiger partial charge in [0, 0.05) is 10.8 Å². The molecule has 3 rings (SSSR count).